The summed E-state index contributed by atoms with van der Waals surface area (Å²) in [7, 11) is 0. The van der Waals surface area contributed by atoms with Gasteiger partial charge in [-0.25, -0.2) is 0 Å². The molecule has 0 spiro atoms. The Balaban J connectivity index is 0.00000529. The maximum absolute atomic E-state index is 5.72. The molecule has 1 fully saturated rings. The molecule has 0 amide bonds. The zero-order valence-electron chi connectivity index (χ0n) is 14.3. The summed E-state index contributed by atoms with van der Waals surface area (Å²) >= 11 is 9.67. The van der Waals surface area contributed by atoms with Crippen molar-refractivity contribution in [2.24, 2.45) is 0 Å². The van der Waals surface area contributed by atoms with E-state index in [1.54, 1.807) is 0 Å². The predicted octanol–water partition coefficient (Wildman–Crippen LogP) is -3.11. The van der Waals surface area contributed by atoms with Gasteiger partial charge in [0.25, 0.3) is 0 Å². The molecule has 1 aliphatic rings. The van der Waals surface area contributed by atoms with E-state index in [0.29, 0.717) is 83.5 Å². The molecule has 0 radical (unpaired) electrons. The molecule has 1 aliphatic heterocycles. The van der Waals surface area contributed by atoms with E-state index in [4.69, 9.17) is 53.3 Å². The Labute approximate surface area is 177 Å². The van der Waals surface area contributed by atoms with E-state index in [1.807, 2.05) is 0 Å². The van der Waals surface area contributed by atoms with Gasteiger partial charge in [-0.3, -0.25) is 0 Å². The van der Waals surface area contributed by atoms with Gasteiger partial charge < -0.3 is 58.6 Å². The first-order valence-corrected chi connectivity index (χ1v) is 8.56. The van der Waals surface area contributed by atoms with Gasteiger partial charge in [0.15, 0.2) is 0 Å². The van der Waals surface area contributed by atoms with Gasteiger partial charge in [0.05, 0.1) is 78.8 Å². The summed E-state index contributed by atoms with van der Waals surface area (Å²) in [5.41, 5.74) is 0. The van der Waals surface area contributed by atoms with E-state index in [0.717, 1.165) is 0 Å². The summed E-state index contributed by atoms with van der Waals surface area (Å²) in [6.45, 7) is 6.20. The average Bonchev–Trinajstić information content (AvgIpc) is 2.53. The molecule has 1 saturated heterocycles. The number of hydrogen-bond donors (Lipinski definition) is 1. The first-order chi connectivity index (χ1) is 11.3. The molecule has 1 N–H and O–H groups in total. The first kappa shape index (κ1) is 24.9. The molecular weight excluding hydrogens is 365 g/mol. The van der Waals surface area contributed by atoms with Crippen LogP contribution in [0, 0.1) is 0 Å². The van der Waals surface area contributed by atoms with Crippen LogP contribution in [0.25, 0.3) is 0 Å². The molecule has 0 saturated carbocycles. The number of nitrogens with one attached hydrogen (secondary N) is 1. The molecule has 1 rings (SSSR count). The molecule has 0 aromatic rings. The van der Waals surface area contributed by atoms with Crippen LogP contribution in [-0.4, -0.2) is 89.6 Å². The Bertz CT molecular complexity index is 286. The third-order valence-corrected chi connectivity index (χ3v) is 3.14. The predicted molar refractivity (Wildman–Crippen MR) is 91.8 cm³/mol. The van der Waals surface area contributed by atoms with Crippen LogP contribution in [-0.2, 0) is 41.0 Å². The van der Waals surface area contributed by atoms with Crippen LogP contribution in [0.1, 0.15) is 0 Å². The van der Waals surface area contributed by atoms with E-state index in [9.17, 15) is 0 Å². The molecule has 0 aromatic heterocycles. The van der Waals surface area contributed by atoms with E-state index in [2.05, 4.69) is 5.32 Å². The minimum atomic E-state index is -0.141. The van der Waals surface area contributed by atoms with Crippen LogP contribution in [0.5, 0.6) is 0 Å². The van der Waals surface area contributed by atoms with Crippen molar-refractivity contribution in [3.8, 4) is 0 Å². The fourth-order valence-corrected chi connectivity index (χ4v) is 1.90. The molecule has 136 valence electrons. The van der Waals surface area contributed by atoms with Crippen molar-refractivity contribution < 1.29 is 58.0 Å². The summed E-state index contributed by atoms with van der Waals surface area (Å²) in [5, 5.41) is 2.92. The van der Waals surface area contributed by atoms with Crippen LogP contribution in [0.4, 0.5) is 0 Å². The van der Waals surface area contributed by atoms with Gasteiger partial charge in [-0.15, -0.1) is 0 Å². The second-order valence-electron chi connectivity index (χ2n) is 4.69. The van der Waals surface area contributed by atoms with Crippen molar-refractivity contribution in [2.45, 2.75) is 6.10 Å². The second-order valence-corrected chi connectivity index (χ2v) is 5.76. The average molecular weight is 391 g/mol. The van der Waals surface area contributed by atoms with Crippen LogP contribution in [0.3, 0.4) is 0 Å². The molecule has 7 nitrogen and oxygen atoms in total. The molecule has 10 heteroatoms. The molecule has 1 heterocycles. The van der Waals surface area contributed by atoms with E-state index in [-0.39, 0.29) is 35.7 Å². The van der Waals surface area contributed by atoms with Crippen molar-refractivity contribution in [3.05, 3.63) is 0 Å². The Hall–Kier alpha value is 0.870. The summed E-state index contributed by atoms with van der Waals surface area (Å²) in [6.07, 6.45) is -0.141. The van der Waals surface area contributed by atoms with Crippen molar-refractivity contribution in [1.29, 1.82) is 0 Å². The third-order valence-electron chi connectivity index (χ3n) is 2.85. The number of thiocarbonyl (C=S) groups is 1. The van der Waals surface area contributed by atoms with Crippen LogP contribution < -0.4 is 34.9 Å². The zero-order chi connectivity index (χ0) is 16.6. The molecule has 0 aromatic carbocycles. The van der Waals surface area contributed by atoms with E-state index in [1.165, 1.54) is 0 Å². The van der Waals surface area contributed by atoms with Gasteiger partial charge in [0.2, 0.25) is 0 Å². The second kappa shape index (κ2) is 18.7. The fraction of sp³-hybridized carbons (Fsp3) is 0.929. The molecule has 1 atom stereocenters. The summed E-state index contributed by atoms with van der Waals surface area (Å²) < 4.78 is 33.2. The SMILES string of the molecule is S=C([S-])NCC1COCCOCCOCCOCCOCCO1.[Na+]. The first-order valence-electron chi connectivity index (χ1n) is 7.74. The quantitative estimate of drug-likeness (QED) is 0.299. The normalized spacial score (nSPS) is 23.2. The summed E-state index contributed by atoms with van der Waals surface area (Å²) in [5.74, 6) is 0. The Morgan fingerprint density at radius 1 is 0.792 bits per heavy atom. The van der Waals surface area contributed by atoms with Gasteiger partial charge >= 0.3 is 29.6 Å². The standard InChI is InChI=1S/C14H27NO6S2.Na/c22-14(23)15-11-13-12-20-8-7-18-4-3-16-1-2-17-5-6-19-9-10-21-13;/h13H,1-12H2,(H2,15,22,23);/q;+1/p-1. The Kier molecular flexibility index (Phi) is 19.3. The van der Waals surface area contributed by atoms with Crippen LogP contribution >= 0.6 is 12.2 Å². The van der Waals surface area contributed by atoms with Crippen LogP contribution in [0.15, 0.2) is 0 Å². The maximum atomic E-state index is 5.72. The number of ether oxygens (including phenoxy) is 6. The molecule has 24 heavy (non-hydrogen) atoms. The third kappa shape index (κ3) is 16.3. The largest absolute Gasteiger partial charge is 1.00 e. The van der Waals surface area contributed by atoms with Gasteiger partial charge in [-0.1, -0.05) is 4.32 Å². The Morgan fingerprint density at radius 3 is 1.67 bits per heavy atom. The number of rotatable bonds is 2. The monoisotopic (exact) mass is 391 g/mol. The van der Waals surface area contributed by atoms with Crippen molar-refractivity contribution in [2.75, 3.05) is 79.2 Å². The van der Waals surface area contributed by atoms with Crippen molar-refractivity contribution in [3.63, 3.8) is 0 Å². The minimum absolute atomic E-state index is 0. The Morgan fingerprint density at radius 2 is 1.21 bits per heavy atom. The van der Waals surface area contributed by atoms with Crippen molar-refractivity contribution in [1.82, 2.24) is 5.32 Å². The van der Waals surface area contributed by atoms with Gasteiger partial charge in [-0.2, -0.15) is 0 Å². The summed E-state index contributed by atoms with van der Waals surface area (Å²) in [6, 6.07) is 0. The minimum Gasteiger partial charge on any atom is -0.412 e. The molecule has 0 aliphatic carbocycles. The molecule has 1 unspecified atom stereocenters. The van der Waals surface area contributed by atoms with Crippen LogP contribution in [0.2, 0.25) is 0 Å². The van der Waals surface area contributed by atoms with Gasteiger partial charge in [-0.05, 0) is 0 Å². The van der Waals surface area contributed by atoms with E-state index >= 15 is 0 Å². The zero-order valence-corrected chi connectivity index (χ0v) is 18.0. The summed E-state index contributed by atoms with van der Waals surface area (Å²) in [4.78, 5) is 0. The molecule has 0 bridgehead atoms. The van der Waals surface area contributed by atoms with Gasteiger partial charge in [0.1, 0.15) is 0 Å². The van der Waals surface area contributed by atoms with Gasteiger partial charge in [0, 0.05) is 6.54 Å². The maximum Gasteiger partial charge on any atom is 1.00 e. The van der Waals surface area contributed by atoms with Crippen molar-refractivity contribution >= 4 is 29.2 Å². The molecular formula is C14H26NNaO6S2. The smallest absolute Gasteiger partial charge is 0.412 e. The topological polar surface area (TPSA) is 67.4 Å². The van der Waals surface area contributed by atoms with E-state index < -0.39 is 0 Å². The fourth-order valence-electron chi connectivity index (χ4n) is 1.73. The number of hydrogen-bond acceptors (Lipinski definition) is 8.